The first-order chi connectivity index (χ1) is 9.47. The predicted molar refractivity (Wildman–Crippen MR) is 74.2 cm³/mol. The maximum Gasteiger partial charge on any atom is 0.353 e. The number of amides is 2. The second kappa shape index (κ2) is 5.54. The highest BCUT2D eigenvalue weighted by Gasteiger charge is 2.51. The third kappa shape index (κ3) is 2.36. The Hall–Kier alpha value is -2.02. The van der Waals surface area contributed by atoms with Crippen molar-refractivity contribution >= 4 is 29.5 Å². The van der Waals surface area contributed by atoms with E-state index in [4.69, 9.17) is 0 Å². The van der Waals surface area contributed by atoms with E-state index in [-0.39, 0.29) is 23.6 Å². The lowest BCUT2D eigenvalue weighted by molar-refractivity contribution is -0.142. The number of rotatable bonds is 4. The van der Waals surface area contributed by atoms with Crippen molar-refractivity contribution in [1.82, 2.24) is 10.2 Å². The number of fused-ring (bicyclic) bond motifs is 1. The number of carbonyl (C=O) groups excluding carboxylic acids is 2. The molecule has 0 aromatic heterocycles. The summed E-state index contributed by atoms with van der Waals surface area (Å²) in [6.45, 7) is 3.16. The molecule has 0 spiro atoms. The molecule has 0 radical (unpaired) electrons. The molecule has 0 aliphatic carbocycles. The zero-order chi connectivity index (χ0) is 14.9. The van der Waals surface area contributed by atoms with Crippen LogP contribution in [0.15, 0.2) is 33.9 Å². The predicted octanol–water partition coefficient (Wildman–Crippen LogP) is 1.18. The second-order valence-electron chi connectivity index (χ2n) is 4.34. The number of thioether (sulfide) groups is 1. The number of hydrogen-bond acceptors (Lipinski definition) is 4. The summed E-state index contributed by atoms with van der Waals surface area (Å²) in [5.74, 6) is -1.54. The Bertz CT molecular complexity index is 577. The third-order valence-electron chi connectivity index (χ3n) is 3.10. The molecule has 0 aromatic carbocycles. The van der Waals surface area contributed by atoms with Gasteiger partial charge in [0.25, 0.3) is 5.91 Å². The molecule has 2 aliphatic rings. The Morgan fingerprint density at radius 1 is 1.50 bits per heavy atom. The molecule has 2 rings (SSSR count). The van der Waals surface area contributed by atoms with Crippen molar-refractivity contribution in [3.05, 3.63) is 33.9 Å². The van der Waals surface area contributed by atoms with Gasteiger partial charge in [0.15, 0.2) is 0 Å². The Labute approximate surface area is 120 Å². The van der Waals surface area contributed by atoms with Gasteiger partial charge in [0.2, 0.25) is 5.91 Å². The zero-order valence-electron chi connectivity index (χ0n) is 11.0. The molecule has 1 fully saturated rings. The van der Waals surface area contributed by atoms with Crippen LogP contribution in [0.2, 0.25) is 0 Å². The molecule has 2 heterocycles. The molecule has 0 aromatic rings. The van der Waals surface area contributed by atoms with Gasteiger partial charge in [-0.1, -0.05) is 17.8 Å². The molecule has 1 saturated heterocycles. The van der Waals surface area contributed by atoms with E-state index in [0.29, 0.717) is 16.9 Å². The number of β-lactam (4-membered cyclic amide) rings is 1. The lowest BCUT2D eigenvalue weighted by Crippen LogP contribution is -2.52. The average Bonchev–Trinajstić information content (AvgIpc) is 2.70. The van der Waals surface area contributed by atoms with Crippen LogP contribution in [0, 0.1) is 0 Å². The lowest BCUT2D eigenvalue weighted by atomic mass is 9.94. The van der Waals surface area contributed by atoms with Crippen molar-refractivity contribution in [2.24, 2.45) is 0 Å². The fourth-order valence-corrected chi connectivity index (χ4v) is 3.12. The van der Waals surface area contributed by atoms with Crippen LogP contribution in [0.25, 0.3) is 0 Å². The molecule has 1 atom stereocenters. The first-order valence-electron chi connectivity index (χ1n) is 6.02. The zero-order valence-corrected chi connectivity index (χ0v) is 11.9. The van der Waals surface area contributed by atoms with Crippen LogP contribution in [0.3, 0.4) is 0 Å². The maximum atomic E-state index is 11.8. The molecule has 6 nitrogen and oxygen atoms in total. The number of nitrogens with one attached hydrogen (secondary N) is 1. The van der Waals surface area contributed by atoms with E-state index in [1.54, 1.807) is 18.4 Å². The lowest BCUT2D eigenvalue weighted by Gasteiger charge is -2.37. The number of allylic oxidation sites excluding steroid dienone is 1. The quantitative estimate of drug-likeness (QED) is 0.600. The van der Waals surface area contributed by atoms with E-state index in [9.17, 15) is 19.5 Å². The van der Waals surface area contributed by atoms with Gasteiger partial charge in [0, 0.05) is 30.0 Å². The molecular formula is C13H14N2O4S. The van der Waals surface area contributed by atoms with E-state index in [1.165, 1.54) is 29.8 Å². The molecule has 2 aliphatic heterocycles. The van der Waals surface area contributed by atoms with Crippen LogP contribution < -0.4 is 5.32 Å². The standard InChI is InChI=1S/C13H14N2O4S/c1-3-8-9-6-10(20-5-4-14-7(2)16)11(13(18)19)15(9)12(8)17/h3-5,9H,6H2,1-2H3,(H,14,16)(H,18,19)/b5-4+,8-3?/t9-/m1/s1. The number of nitrogens with zero attached hydrogens (tertiary/aromatic N) is 1. The summed E-state index contributed by atoms with van der Waals surface area (Å²) in [5.41, 5.74) is 0.702. The monoisotopic (exact) mass is 294 g/mol. The van der Waals surface area contributed by atoms with Gasteiger partial charge in [-0.05, 0) is 12.3 Å². The number of hydrogen-bond donors (Lipinski definition) is 2. The van der Waals surface area contributed by atoms with Crippen molar-refractivity contribution in [2.75, 3.05) is 0 Å². The fraction of sp³-hybridized carbons (Fsp3) is 0.308. The Morgan fingerprint density at radius 3 is 2.75 bits per heavy atom. The first kappa shape index (κ1) is 14.4. The summed E-state index contributed by atoms with van der Waals surface area (Å²) in [5, 5.41) is 13.3. The number of carboxylic acids is 1. The van der Waals surface area contributed by atoms with Crippen molar-refractivity contribution < 1.29 is 19.5 Å². The van der Waals surface area contributed by atoms with Gasteiger partial charge in [0.1, 0.15) is 5.70 Å². The van der Waals surface area contributed by atoms with Crippen LogP contribution in [-0.4, -0.2) is 33.8 Å². The Kier molecular flexibility index (Phi) is 3.99. The van der Waals surface area contributed by atoms with E-state index < -0.39 is 5.97 Å². The van der Waals surface area contributed by atoms with E-state index in [0.717, 1.165) is 0 Å². The summed E-state index contributed by atoms with van der Waals surface area (Å²) in [6.07, 6.45) is 3.68. The minimum absolute atomic E-state index is 0.0445. The SMILES string of the molecule is CC=C1C(=O)N2C(C(=O)O)=C(S/C=C/NC(C)=O)C[C@H]12. The summed E-state index contributed by atoms with van der Waals surface area (Å²) in [4.78, 5) is 35.8. The maximum absolute atomic E-state index is 11.8. The van der Waals surface area contributed by atoms with Gasteiger partial charge < -0.3 is 10.4 Å². The Balaban J connectivity index is 2.15. The normalized spacial score (nSPS) is 23.3. The smallest absolute Gasteiger partial charge is 0.353 e. The highest BCUT2D eigenvalue weighted by Crippen LogP contribution is 2.45. The summed E-state index contributed by atoms with van der Waals surface area (Å²) < 4.78 is 0. The minimum atomic E-state index is -1.11. The molecule has 20 heavy (non-hydrogen) atoms. The van der Waals surface area contributed by atoms with Crippen LogP contribution >= 0.6 is 11.8 Å². The van der Waals surface area contributed by atoms with Crippen LogP contribution in [0.1, 0.15) is 20.3 Å². The van der Waals surface area contributed by atoms with Crippen molar-refractivity contribution in [1.29, 1.82) is 0 Å². The summed E-state index contributed by atoms with van der Waals surface area (Å²) in [6, 6.07) is -0.157. The van der Waals surface area contributed by atoms with Crippen molar-refractivity contribution in [2.45, 2.75) is 26.3 Å². The molecule has 106 valence electrons. The highest BCUT2D eigenvalue weighted by atomic mass is 32.2. The van der Waals surface area contributed by atoms with E-state index in [2.05, 4.69) is 5.32 Å². The number of carboxylic acid groups (broad SMARTS) is 1. The molecule has 2 N–H and O–H groups in total. The van der Waals surface area contributed by atoms with Crippen LogP contribution in [0.4, 0.5) is 0 Å². The van der Waals surface area contributed by atoms with Crippen LogP contribution in [-0.2, 0) is 14.4 Å². The van der Waals surface area contributed by atoms with Crippen molar-refractivity contribution in [3.8, 4) is 0 Å². The van der Waals surface area contributed by atoms with Crippen LogP contribution in [0.5, 0.6) is 0 Å². The average molecular weight is 294 g/mol. The second-order valence-corrected chi connectivity index (χ2v) is 5.34. The molecule has 0 bridgehead atoms. The highest BCUT2D eigenvalue weighted by molar-refractivity contribution is 8.05. The summed E-state index contributed by atoms with van der Waals surface area (Å²) >= 11 is 1.21. The first-order valence-corrected chi connectivity index (χ1v) is 6.90. The molecule has 0 unspecified atom stereocenters. The molecule has 7 heteroatoms. The molecular weight excluding hydrogens is 280 g/mol. The van der Waals surface area contributed by atoms with Gasteiger partial charge >= 0.3 is 5.97 Å². The fourth-order valence-electron chi connectivity index (χ4n) is 2.27. The Morgan fingerprint density at radius 2 is 2.20 bits per heavy atom. The van der Waals surface area contributed by atoms with E-state index >= 15 is 0 Å². The molecule has 0 saturated carbocycles. The van der Waals surface area contributed by atoms with Gasteiger partial charge in [-0.3, -0.25) is 14.5 Å². The number of carbonyl (C=O) groups is 3. The van der Waals surface area contributed by atoms with Crippen molar-refractivity contribution in [3.63, 3.8) is 0 Å². The topological polar surface area (TPSA) is 86.7 Å². The minimum Gasteiger partial charge on any atom is -0.477 e. The van der Waals surface area contributed by atoms with E-state index in [1.807, 2.05) is 0 Å². The number of aliphatic carboxylic acids is 1. The van der Waals surface area contributed by atoms with Gasteiger partial charge in [-0.2, -0.15) is 0 Å². The summed E-state index contributed by atoms with van der Waals surface area (Å²) in [7, 11) is 0. The third-order valence-corrected chi connectivity index (χ3v) is 4.02. The van der Waals surface area contributed by atoms with Gasteiger partial charge in [-0.25, -0.2) is 4.79 Å². The van der Waals surface area contributed by atoms with Gasteiger partial charge in [-0.15, -0.1) is 0 Å². The molecule has 2 amide bonds. The largest absolute Gasteiger partial charge is 0.477 e. The van der Waals surface area contributed by atoms with Gasteiger partial charge in [0.05, 0.1) is 6.04 Å².